The second-order valence-corrected chi connectivity index (χ2v) is 1.47. The van der Waals surface area contributed by atoms with Crippen LogP contribution in [0.2, 0.25) is 0 Å². The van der Waals surface area contributed by atoms with Gasteiger partial charge in [0.05, 0.1) is 11.4 Å². The average molecular weight is 225 g/mol. The highest BCUT2D eigenvalue weighted by molar-refractivity contribution is 7.73. The van der Waals surface area contributed by atoms with Crippen molar-refractivity contribution in [2.75, 3.05) is 0 Å². The fraction of sp³-hybridized carbons (Fsp3) is 0. The van der Waals surface area contributed by atoms with Crippen molar-refractivity contribution in [1.82, 2.24) is 0 Å². The second kappa shape index (κ2) is 16.3. The molecule has 0 aliphatic carbocycles. The van der Waals surface area contributed by atoms with Gasteiger partial charge in [-0.05, 0) is 0 Å². The molecule has 0 aromatic carbocycles. The molecule has 0 bridgehead atoms. The van der Waals surface area contributed by atoms with E-state index in [9.17, 15) is 0 Å². The average Bonchev–Trinajstić information content (AvgIpc) is 1.60. The fourth-order valence-corrected chi connectivity index (χ4v) is 0. The van der Waals surface area contributed by atoms with Crippen LogP contribution in [0, 0.1) is 0 Å². The highest BCUT2D eigenvalue weighted by Crippen LogP contribution is 1.43. The zero-order valence-electron chi connectivity index (χ0n) is 4.53. The van der Waals surface area contributed by atoms with Crippen LogP contribution in [0.15, 0.2) is 0 Å². The molecule has 0 aliphatic rings. The maximum Gasteiger partial charge on any atom is 0.425 e. The predicted molar refractivity (Wildman–Crippen MR) is 30.2 cm³/mol. The minimum absolute atomic E-state index is 0.750. The van der Waals surface area contributed by atoms with Crippen LogP contribution >= 0.6 is 0 Å². The van der Waals surface area contributed by atoms with Crippen LogP contribution in [0.25, 0.3) is 0 Å². The minimum atomic E-state index is -3.11. The quantitative estimate of drug-likeness (QED) is 0.451. The summed E-state index contributed by atoms with van der Waals surface area (Å²) in [5.41, 5.74) is 0. The Labute approximate surface area is 68.4 Å². The van der Waals surface area contributed by atoms with Crippen LogP contribution in [0.4, 0.5) is 0 Å². The Balaban J connectivity index is -0.0000000886. The first-order valence-electron chi connectivity index (χ1n) is 1.35. The van der Waals surface area contributed by atoms with Crippen molar-refractivity contribution in [3.8, 4) is 0 Å². The summed E-state index contributed by atoms with van der Waals surface area (Å²) in [6, 6.07) is 0. The molecular weight excluding hydrogens is 224 g/mol. The van der Waals surface area contributed by atoms with Gasteiger partial charge in [-0.25, -0.2) is 4.21 Å². The molecule has 0 amide bonds. The minimum Gasteiger partial charge on any atom is -0.750 e. The van der Waals surface area contributed by atoms with Gasteiger partial charge in [-0.2, -0.15) is 8.42 Å². The lowest BCUT2D eigenvalue weighted by Crippen LogP contribution is -1.75. The SMILES string of the molecule is O=S(=O)=O.O=S([O-])O.O=S=O. The number of hydrogen-bond donors (Lipinski definition) is 1. The van der Waals surface area contributed by atoms with Gasteiger partial charge in [0.1, 0.15) is 0 Å². The third-order valence-electron chi connectivity index (χ3n) is 0. The molecule has 1 unspecified atom stereocenters. The largest absolute Gasteiger partial charge is 0.750 e. The van der Waals surface area contributed by atoms with Crippen molar-refractivity contribution in [2.24, 2.45) is 0 Å². The van der Waals surface area contributed by atoms with Gasteiger partial charge in [0, 0.05) is 0 Å². The van der Waals surface area contributed by atoms with Crippen LogP contribution in [-0.2, 0) is 33.5 Å². The van der Waals surface area contributed by atoms with Gasteiger partial charge in [0.25, 0.3) is 0 Å². The Morgan fingerprint density at radius 1 is 1.09 bits per heavy atom. The van der Waals surface area contributed by atoms with Gasteiger partial charge >= 0.3 is 22.2 Å². The molecule has 0 fully saturated rings. The second-order valence-electron chi connectivity index (χ2n) is 0.489. The van der Waals surface area contributed by atoms with E-state index < -0.39 is 33.5 Å². The summed E-state index contributed by atoms with van der Waals surface area (Å²) in [5, 5.41) is 0. The van der Waals surface area contributed by atoms with E-state index in [1.54, 1.807) is 0 Å². The Bertz CT molecular complexity index is 200. The molecule has 8 nitrogen and oxygen atoms in total. The van der Waals surface area contributed by atoms with Gasteiger partial charge in [-0.1, -0.05) is 0 Å². The van der Waals surface area contributed by atoms with Crippen molar-refractivity contribution in [1.29, 1.82) is 0 Å². The van der Waals surface area contributed by atoms with E-state index >= 15 is 0 Å². The van der Waals surface area contributed by atoms with Crippen LogP contribution < -0.4 is 0 Å². The lowest BCUT2D eigenvalue weighted by molar-refractivity contribution is 0.436. The van der Waals surface area contributed by atoms with Crippen LogP contribution in [-0.4, -0.2) is 34.4 Å². The van der Waals surface area contributed by atoms with Gasteiger partial charge in [-0.3, -0.25) is 0 Å². The van der Waals surface area contributed by atoms with Gasteiger partial charge in [-0.15, -0.1) is 12.6 Å². The molecular formula is HO8S3-. The van der Waals surface area contributed by atoms with E-state index in [0.717, 1.165) is 0 Å². The van der Waals surface area contributed by atoms with Crippen molar-refractivity contribution < 1.29 is 34.4 Å². The summed E-state index contributed by atoms with van der Waals surface area (Å²) >= 11 is -3.61. The van der Waals surface area contributed by atoms with E-state index in [4.69, 9.17) is 34.4 Å². The van der Waals surface area contributed by atoms with Crippen molar-refractivity contribution in [3.63, 3.8) is 0 Å². The van der Waals surface area contributed by atoms with Crippen molar-refractivity contribution in [2.45, 2.75) is 0 Å². The Hall–Kier alpha value is -0.490. The number of hydrogen-bond acceptors (Lipinski definition) is 7. The maximum absolute atomic E-state index is 8.56. The number of rotatable bonds is 0. The van der Waals surface area contributed by atoms with Gasteiger partial charge < -0.3 is 9.11 Å². The highest BCUT2D eigenvalue weighted by atomic mass is 32.2. The molecule has 0 saturated carbocycles. The summed E-state index contributed by atoms with van der Waals surface area (Å²) in [7, 11) is -3.11. The maximum atomic E-state index is 8.56. The molecule has 0 aromatic rings. The third kappa shape index (κ3) is 2230. The highest BCUT2D eigenvalue weighted by Gasteiger charge is 1.42. The molecule has 0 aromatic heterocycles. The zero-order chi connectivity index (χ0) is 9.86. The molecule has 0 aliphatic heterocycles. The molecule has 1 atom stereocenters. The fourth-order valence-electron chi connectivity index (χ4n) is 0. The molecule has 0 rings (SSSR count). The Morgan fingerprint density at radius 2 is 1.09 bits per heavy atom. The third-order valence-corrected chi connectivity index (χ3v) is 0. The van der Waals surface area contributed by atoms with Crippen LogP contribution in [0.3, 0.4) is 0 Å². The molecule has 11 heteroatoms. The summed E-state index contributed by atoms with van der Waals surface area (Å²) in [5.74, 6) is 0. The molecule has 0 saturated heterocycles. The Kier molecular flexibility index (Phi) is 24.9. The molecule has 1 N–H and O–H groups in total. The van der Waals surface area contributed by atoms with E-state index in [2.05, 4.69) is 0 Å². The van der Waals surface area contributed by atoms with Crippen LogP contribution in [0.5, 0.6) is 0 Å². The topological polar surface area (TPSA) is 146 Å². The lowest BCUT2D eigenvalue weighted by Gasteiger charge is -1.83. The van der Waals surface area contributed by atoms with Gasteiger partial charge in [0.15, 0.2) is 0 Å². The molecule has 0 radical (unpaired) electrons. The summed E-state index contributed by atoms with van der Waals surface area (Å²) < 4.78 is 66.0. The summed E-state index contributed by atoms with van der Waals surface area (Å²) in [4.78, 5) is 0. The first-order chi connectivity index (χ1) is 4.88. The monoisotopic (exact) mass is 225 g/mol. The van der Waals surface area contributed by atoms with E-state index in [1.165, 1.54) is 0 Å². The Morgan fingerprint density at radius 3 is 1.09 bits per heavy atom. The lowest BCUT2D eigenvalue weighted by atomic mass is 15.8. The first-order valence-corrected chi connectivity index (χ1v) is 4.05. The van der Waals surface area contributed by atoms with E-state index in [0.29, 0.717) is 0 Å². The van der Waals surface area contributed by atoms with E-state index in [1.807, 2.05) is 0 Å². The summed E-state index contributed by atoms with van der Waals surface area (Å²) in [6.45, 7) is 0. The zero-order valence-corrected chi connectivity index (χ0v) is 6.98. The standard InChI is InChI=1S/H2O3S.O3S.O2S/c2*1-4(2)3;1-3-2/h(H2,1,2,3);;/p-1. The van der Waals surface area contributed by atoms with Gasteiger partial charge in [0.2, 0.25) is 0 Å². The van der Waals surface area contributed by atoms with Crippen molar-refractivity contribution >= 4 is 33.5 Å². The summed E-state index contributed by atoms with van der Waals surface area (Å²) in [6.07, 6.45) is 0. The predicted octanol–water partition coefficient (Wildman–Crippen LogP) is -2.34. The van der Waals surface area contributed by atoms with Crippen molar-refractivity contribution in [3.05, 3.63) is 0 Å². The normalized spacial score (nSPS) is 8.91. The molecule has 68 valence electrons. The molecule has 0 spiro atoms. The molecule has 0 heterocycles. The first kappa shape index (κ1) is 16.9. The van der Waals surface area contributed by atoms with E-state index in [-0.39, 0.29) is 0 Å². The molecule has 11 heavy (non-hydrogen) atoms. The van der Waals surface area contributed by atoms with Crippen LogP contribution in [0.1, 0.15) is 0 Å². The smallest absolute Gasteiger partial charge is 0.425 e.